The van der Waals surface area contributed by atoms with Crippen molar-refractivity contribution in [3.63, 3.8) is 0 Å². The summed E-state index contributed by atoms with van der Waals surface area (Å²) >= 11 is 1.60. The van der Waals surface area contributed by atoms with E-state index in [1.165, 1.54) is 5.56 Å². The van der Waals surface area contributed by atoms with E-state index >= 15 is 0 Å². The van der Waals surface area contributed by atoms with Crippen LogP contribution in [0, 0.1) is 6.92 Å². The number of aryl methyl sites for hydroxylation is 1. The maximum atomic E-state index is 8.99. The molecule has 4 nitrogen and oxygen atoms in total. The van der Waals surface area contributed by atoms with Gasteiger partial charge in [0.15, 0.2) is 0 Å². The third-order valence-electron chi connectivity index (χ3n) is 2.99. The van der Waals surface area contributed by atoms with Gasteiger partial charge in [-0.25, -0.2) is 0 Å². The summed E-state index contributed by atoms with van der Waals surface area (Å²) in [6, 6.07) is 8.27. The second-order valence-corrected chi connectivity index (χ2v) is 5.46. The zero-order chi connectivity index (χ0) is 14.5. The SMILES string of the molecule is COC1=CC(Sc2ccc(C)cc2)=C(OC)CC1=[N+]=[N-].[Cl-].[Cl-].[Zn+2]. The molecule has 0 atom stereocenters. The molecule has 23 heavy (non-hydrogen) atoms. The van der Waals surface area contributed by atoms with Crippen LogP contribution in [0.3, 0.4) is 0 Å². The molecule has 1 aromatic rings. The Hall–Kier alpha value is -0.767. The standard InChI is InChI=1S/C15H16N2O2S.2ClH.Zn/c1-10-4-6-11(7-5-10)20-15-9-13(18-2)12(17-16)8-14(15)19-3;;;/h4-7,9H,8H2,1-3H3;2*1H;/q;;;+2/p-2. The number of methoxy groups -OCH3 is 2. The van der Waals surface area contributed by atoms with Crippen molar-refractivity contribution in [2.45, 2.75) is 18.2 Å². The molecular weight excluding hydrogens is 409 g/mol. The number of benzene rings is 1. The summed E-state index contributed by atoms with van der Waals surface area (Å²) in [6.45, 7) is 2.06. The molecule has 0 fully saturated rings. The first-order valence-corrected chi connectivity index (χ1v) is 6.98. The molecular formula is C15H16Cl2N2O2SZn. The molecule has 0 bridgehead atoms. The van der Waals surface area contributed by atoms with Crippen molar-refractivity contribution in [2.24, 2.45) is 0 Å². The van der Waals surface area contributed by atoms with Crippen LogP contribution in [0.2, 0.25) is 0 Å². The zero-order valence-electron chi connectivity index (χ0n) is 13.2. The van der Waals surface area contributed by atoms with Crippen LogP contribution in [-0.4, -0.2) is 24.7 Å². The summed E-state index contributed by atoms with van der Waals surface area (Å²) in [6.07, 6.45) is 2.25. The summed E-state index contributed by atoms with van der Waals surface area (Å²) in [4.78, 5) is 5.33. The van der Waals surface area contributed by atoms with Gasteiger partial charge in [0.1, 0.15) is 12.2 Å². The van der Waals surface area contributed by atoms with Crippen LogP contribution in [0.1, 0.15) is 12.0 Å². The van der Waals surface area contributed by atoms with Crippen LogP contribution in [0.15, 0.2) is 51.7 Å². The minimum atomic E-state index is 0. The minimum Gasteiger partial charge on any atom is -1.00 e. The molecule has 1 aliphatic carbocycles. The van der Waals surface area contributed by atoms with Crippen molar-refractivity contribution < 1.29 is 58.6 Å². The average molecular weight is 425 g/mol. The first-order valence-electron chi connectivity index (χ1n) is 6.16. The van der Waals surface area contributed by atoms with Crippen LogP contribution in [0.5, 0.6) is 0 Å². The smallest absolute Gasteiger partial charge is 1.00 e. The molecule has 120 valence electrons. The Morgan fingerprint density at radius 3 is 2.17 bits per heavy atom. The number of nitrogens with zero attached hydrogens (tertiary/aromatic N) is 2. The van der Waals surface area contributed by atoms with Crippen molar-refractivity contribution in [2.75, 3.05) is 14.2 Å². The van der Waals surface area contributed by atoms with E-state index in [9.17, 15) is 0 Å². The van der Waals surface area contributed by atoms with Gasteiger partial charge in [0.2, 0.25) is 5.76 Å². The van der Waals surface area contributed by atoms with Crippen LogP contribution >= 0.6 is 11.8 Å². The van der Waals surface area contributed by atoms with Gasteiger partial charge in [0, 0.05) is 11.0 Å². The molecule has 0 heterocycles. The maximum Gasteiger partial charge on any atom is 2.00 e. The van der Waals surface area contributed by atoms with E-state index in [2.05, 4.69) is 36.0 Å². The summed E-state index contributed by atoms with van der Waals surface area (Å²) in [7, 11) is 3.18. The minimum absolute atomic E-state index is 0. The molecule has 2 rings (SSSR count). The number of ether oxygens (including phenoxy) is 2. The van der Waals surface area contributed by atoms with E-state index in [0.29, 0.717) is 17.9 Å². The topological polar surface area (TPSA) is 54.9 Å². The predicted molar refractivity (Wildman–Crippen MR) is 79.4 cm³/mol. The van der Waals surface area contributed by atoms with Gasteiger partial charge in [-0.2, -0.15) is 4.79 Å². The Balaban J connectivity index is 0. The van der Waals surface area contributed by atoms with Crippen LogP contribution in [0.25, 0.3) is 5.53 Å². The fourth-order valence-corrected chi connectivity index (χ4v) is 2.82. The van der Waals surface area contributed by atoms with Crippen molar-refractivity contribution in [1.29, 1.82) is 0 Å². The fourth-order valence-electron chi connectivity index (χ4n) is 1.86. The number of rotatable bonds is 4. The quantitative estimate of drug-likeness (QED) is 0.307. The third-order valence-corrected chi connectivity index (χ3v) is 4.06. The molecule has 0 amide bonds. The van der Waals surface area contributed by atoms with Gasteiger partial charge in [-0.15, -0.1) is 0 Å². The molecule has 0 aromatic heterocycles. The Morgan fingerprint density at radius 2 is 1.70 bits per heavy atom. The van der Waals surface area contributed by atoms with E-state index in [1.807, 2.05) is 6.08 Å². The summed E-state index contributed by atoms with van der Waals surface area (Å²) in [5.74, 6) is 1.33. The van der Waals surface area contributed by atoms with E-state index < -0.39 is 0 Å². The number of halogens is 2. The van der Waals surface area contributed by atoms with Gasteiger partial charge >= 0.3 is 25.2 Å². The normalized spacial score (nSPS) is 12.8. The zero-order valence-corrected chi connectivity index (χ0v) is 18.5. The van der Waals surface area contributed by atoms with E-state index in [-0.39, 0.29) is 44.3 Å². The van der Waals surface area contributed by atoms with Crippen molar-refractivity contribution in [3.05, 3.63) is 57.9 Å². The van der Waals surface area contributed by atoms with Gasteiger partial charge in [-0.3, -0.25) is 0 Å². The van der Waals surface area contributed by atoms with Gasteiger partial charge < -0.3 is 39.8 Å². The monoisotopic (exact) mass is 422 g/mol. The molecule has 0 N–H and O–H groups in total. The predicted octanol–water partition coefficient (Wildman–Crippen LogP) is -2.44. The first kappa shape index (κ1) is 24.5. The van der Waals surface area contributed by atoms with Crippen LogP contribution < -0.4 is 24.8 Å². The molecule has 8 heteroatoms. The summed E-state index contributed by atoms with van der Waals surface area (Å²) < 4.78 is 10.6. The van der Waals surface area contributed by atoms with Crippen molar-refractivity contribution in [1.82, 2.24) is 0 Å². The second-order valence-electron chi connectivity index (χ2n) is 4.34. The fraction of sp³-hybridized carbons (Fsp3) is 0.267. The number of hydrogen-bond acceptors (Lipinski definition) is 3. The first-order chi connectivity index (χ1) is 9.67. The van der Waals surface area contributed by atoms with Crippen LogP contribution in [-0.2, 0) is 29.0 Å². The maximum absolute atomic E-state index is 8.99. The molecule has 0 unspecified atom stereocenters. The molecule has 0 aliphatic heterocycles. The van der Waals surface area contributed by atoms with Crippen molar-refractivity contribution in [3.8, 4) is 0 Å². The van der Waals surface area contributed by atoms with Gasteiger partial charge in [-0.1, -0.05) is 29.5 Å². The molecule has 1 aromatic carbocycles. The summed E-state index contributed by atoms with van der Waals surface area (Å²) in [5, 5.41) is 0. The Kier molecular flexibility index (Phi) is 12.5. The molecule has 0 spiro atoms. The number of hydrogen-bond donors (Lipinski definition) is 0. The Labute approximate surface area is 165 Å². The molecule has 0 saturated heterocycles. The number of allylic oxidation sites excluding steroid dienone is 3. The van der Waals surface area contributed by atoms with E-state index in [0.717, 1.165) is 15.6 Å². The molecule has 1 aliphatic rings. The molecule has 0 saturated carbocycles. The largest absolute Gasteiger partial charge is 2.00 e. The molecule has 0 radical (unpaired) electrons. The Bertz CT molecular complexity index is 627. The Morgan fingerprint density at radius 1 is 1.09 bits per heavy atom. The number of thioether (sulfide) groups is 1. The van der Waals surface area contributed by atoms with Gasteiger partial charge in [0.05, 0.1) is 19.1 Å². The van der Waals surface area contributed by atoms with Gasteiger partial charge in [0.25, 0.3) is 0 Å². The van der Waals surface area contributed by atoms with Crippen molar-refractivity contribution >= 4 is 17.5 Å². The average Bonchev–Trinajstić information content (AvgIpc) is 2.49. The van der Waals surface area contributed by atoms with E-state index in [1.54, 1.807) is 26.0 Å². The van der Waals surface area contributed by atoms with E-state index in [4.69, 9.17) is 15.0 Å². The summed E-state index contributed by atoms with van der Waals surface area (Å²) in [5.41, 5.74) is 10.7. The second kappa shape index (κ2) is 11.7. The third kappa shape index (κ3) is 6.33. The van der Waals surface area contributed by atoms with Crippen LogP contribution in [0.4, 0.5) is 0 Å². The van der Waals surface area contributed by atoms with Gasteiger partial charge in [-0.05, 0) is 19.1 Å².